The van der Waals surface area contributed by atoms with Gasteiger partial charge >= 0.3 is 0 Å². The van der Waals surface area contributed by atoms with Crippen LogP contribution in [0.5, 0.6) is 11.5 Å². The highest BCUT2D eigenvalue weighted by molar-refractivity contribution is 5.92. The van der Waals surface area contributed by atoms with Gasteiger partial charge in [0, 0.05) is 30.6 Å². The molecule has 34 heavy (non-hydrogen) atoms. The molecule has 0 aliphatic heterocycles. The number of aromatic nitrogens is 2. The van der Waals surface area contributed by atoms with E-state index in [-0.39, 0.29) is 11.9 Å². The van der Waals surface area contributed by atoms with Gasteiger partial charge in [0.2, 0.25) is 17.6 Å². The molecule has 7 nitrogen and oxygen atoms in total. The van der Waals surface area contributed by atoms with Crippen molar-refractivity contribution in [2.75, 3.05) is 20.8 Å². The lowest BCUT2D eigenvalue weighted by molar-refractivity contribution is -0.128. The third-order valence-corrected chi connectivity index (χ3v) is 6.19. The number of hydrogen-bond acceptors (Lipinski definition) is 6. The maximum atomic E-state index is 13.1. The summed E-state index contributed by atoms with van der Waals surface area (Å²) in [5, 5.41) is 4.13. The van der Waals surface area contributed by atoms with E-state index in [1.807, 2.05) is 59.5 Å². The van der Waals surface area contributed by atoms with Crippen LogP contribution in [0.1, 0.15) is 43.6 Å². The molecule has 0 atom stereocenters. The Morgan fingerprint density at radius 1 is 1.06 bits per heavy atom. The second kappa shape index (κ2) is 11.5. The largest absolute Gasteiger partial charge is 0.493 e. The highest BCUT2D eigenvalue weighted by atomic mass is 16.5. The molecule has 1 aromatic heterocycles. The van der Waals surface area contributed by atoms with E-state index >= 15 is 0 Å². The van der Waals surface area contributed by atoms with Crippen LogP contribution >= 0.6 is 0 Å². The van der Waals surface area contributed by atoms with E-state index in [4.69, 9.17) is 14.0 Å². The second-order valence-electron chi connectivity index (χ2n) is 8.40. The summed E-state index contributed by atoms with van der Waals surface area (Å²) in [5.74, 6) is 2.25. The summed E-state index contributed by atoms with van der Waals surface area (Å²) in [6, 6.07) is 15.6. The van der Waals surface area contributed by atoms with E-state index in [9.17, 15) is 4.79 Å². The predicted octanol–water partition coefficient (Wildman–Crippen LogP) is 5.17. The minimum Gasteiger partial charge on any atom is -0.493 e. The minimum absolute atomic E-state index is 0.0235. The van der Waals surface area contributed by atoms with Crippen LogP contribution in [0.15, 0.2) is 59.1 Å². The van der Waals surface area contributed by atoms with Crippen LogP contribution in [0, 0.1) is 0 Å². The lowest BCUT2D eigenvalue weighted by Gasteiger charge is -2.33. The highest BCUT2D eigenvalue weighted by Crippen LogP contribution is 2.31. The molecule has 178 valence electrons. The zero-order valence-corrected chi connectivity index (χ0v) is 19.8. The van der Waals surface area contributed by atoms with Crippen molar-refractivity contribution in [2.24, 2.45) is 0 Å². The lowest BCUT2D eigenvalue weighted by Crippen LogP contribution is -2.41. The van der Waals surface area contributed by atoms with Crippen molar-refractivity contribution in [3.63, 3.8) is 0 Å². The van der Waals surface area contributed by atoms with E-state index in [1.165, 1.54) is 6.42 Å². The van der Waals surface area contributed by atoms with Crippen molar-refractivity contribution >= 4 is 12.0 Å². The zero-order chi connectivity index (χ0) is 23.8. The van der Waals surface area contributed by atoms with E-state index in [1.54, 1.807) is 20.3 Å². The van der Waals surface area contributed by atoms with Crippen molar-refractivity contribution in [1.82, 2.24) is 15.0 Å². The van der Waals surface area contributed by atoms with Gasteiger partial charge in [-0.2, -0.15) is 4.98 Å². The van der Waals surface area contributed by atoms with Gasteiger partial charge < -0.3 is 18.9 Å². The van der Waals surface area contributed by atoms with Crippen LogP contribution in [-0.4, -0.2) is 47.8 Å². The highest BCUT2D eigenvalue weighted by Gasteiger charge is 2.25. The monoisotopic (exact) mass is 461 g/mol. The molecule has 0 N–H and O–H groups in total. The quantitative estimate of drug-likeness (QED) is 0.409. The van der Waals surface area contributed by atoms with Crippen LogP contribution in [0.2, 0.25) is 0 Å². The van der Waals surface area contributed by atoms with Crippen LogP contribution in [0.25, 0.3) is 17.5 Å². The molecule has 1 aliphatic carbocycles. The Kier molecular flexibility index (Phi) is 7.96. The number of carbonyl (C=O) groups is 1. The van der Waals surface area contributed by atoms with Crippen molar-refractivity contribution < 1.29 is 18.8 Å². The van der Waals surface area contributed by atoms with Gasteiger partial charge in [0.05, 0.1) is 14.2 Å². The molecule has 1 saturated carbocycles. The molecule has 1 aliphatic rings. The third-order valence-electron chi connectivity index (χ3n) is 6.19. The smallest absolute Gasteiger partial charge is 0.246 e. The van der Waals surface area contributed by atoms with Gasteiger partial charge in [-0.3, -0.25) is 4.79 Å². The molecular formula is C27H31N3O4. The topological polar surface area (TPSA) is 77.7 Å². The maximum absolute atomic E-state index is 13.1. The molecule has 0 bridgehead atoms. The van der Waals surface area contributed by atoms with Gasteiger partial charge in [-0.15, -0.1) is 0 Å². The van der Waals surface area contributed by atoms with Crippen molar-refractivity contribution in [3.8, 4) is 22.9 Å². The molecule has 0 spiro atoms. The molecule has 1 fully saturated rings. The fourth-order valence-corrected chi connectivity index (χ4v) is 4.36. The summed E-state index contributed by atoms with van der Waals surface area (Å²) in [4.78, 5) is 19.7. The first-order valence-corrected chi connectivity index (χ1v) is 11.8. The molecule has 4 rings (SSSR count). The molecule has 1 amide bonds. The molecule has 7 heteroatoms. The summed E-state index contributed by atoms with van der Waals surface area (Å²) >= 11 is 0. The minimum atomic E-state index is 0.0235. The standard InChI is InChI=1S/C27H31N3O4/c1-32-23-15-14-21(19-24(23)33-2)27-28-25(34-29-27)17-18-30(22-11-7-4-8-12-22)26(31)16-13-20-9-5-3-6-10-20/h3,5-6,9-10,13-16,19,22H,4,7-8,11-12,17-18H2,1-2H3. The lowest BCUT2D eigenvalue weighted by atomic mass is 9.94. The first-order chi connectivity index (χ1) is 16.7. The summed E-state index contributed by atoms with van der Waals surface area (Å²) < 4.78 is 16.2. The maximum Gasteiger partial charge on any atom is 0.246 e. The number of methoxy groups -OCH3 is 2. The summed E-state index contributed by atoms with van der Waals surface area (Å²) in [6.07, 6.45) is 9.66. The molecule has 0 radical (unpaired) electrons. The SMILES string of the molecule is COc1ccc(-c2noc(CCN(C(=O)C=Cc3ccccc3)C3CCCCC3)n2)cc1OC. The molecular weight excluding hydrogens is 430 g/mol. The number of carbonyl (C=O) groups excluding carboxylic acids is 1. The third kappa shape index (κ3) is 5.84. The van der Waals surface area contributed by atoms with Gasteiger partial charge in [0.25, 0.3) is 0 Å². The molecule has 3 aromatic rings. The second-order valence-corrected chi connectivity index (χ2v) is 8.40. The summed E-state index contributed by atoms with van der Waals surface area (Å²) in [7, 11) is 3.19. The Morgan fingerprint density at radius 3 is 2.56 bits per heavy atom. The van der Waals surface area contributed by atoms with E-state index in [0.29, 0.717) is 36.2 Å². The van der Waals surface area contributed by atoms with Crippen LogP contribution in [0.4, 0.5) is 0 Å². The number of nitrogens with zero attached hydrogens (tertiary/aromatic N) is 3. The average Bonchev–Trinajstić information content (AvgIpc) is 3.37. The van der Waals surface area contributed by atoms with E-state index < -0.39 is 0 Å². The van der Waals surface area contributed by atoms with Crippen LogP contribution in [-0.2, 0) is 11.2 Å². The van der Waals surface area contributed by atoms with Gasteiger partial charge in [0.15, 0.2) is 11.5 Å². The summed E-state index contributed by atoms with van der Waals surface area (Å²) in [5.41, 5.74) is 1.79. The van der Waals surface area contributed by atoms with Crippen LogP contribution < -0.4 is 9.47 Å². The number of rotatable bonds is 9. The predicted molar refractivity (Wildman–Crippen MR) is 131 cm³/mol. The van der Waals surface area contributed by atoms with Gasteiger partial charge in [-0.05, 0) is 42.7 Å². The Labute approximate surface area is 200 Å². The fourth-order valence-electron chi connectivity index (χ4n) is 4.36. The molecule has 1 heterocycles. The van der Waals surface area contributed by atoms with Gasteiger partial charge in [0.1, 0.15) is 0 Å². The van der Waals surface area contributed by atoms with E-state index in [2.05, 4.69) is 10.1 Å². The van der Waals surface area contributed by atoms with E-state index in [0.717, 1.165) is 36.8 Å². The number of amides is 1. The zero-order valence-electron chi connectivity index (χ0n) is 19.8. The number of ether oxygens (including phenoxy) is 2. The average molecular weight is 462 g/mol. The molecule has 2 aromatic carbocycles. The molecule has 0 unspecified atom stereocenters. The van der Waals surface area contributed by atoms with Crippen molar-refractivity contribution in [2.45, 2.75) is 44.6 Å². The number of hydrogen-bond donors (Lipinski definition) is 0. The van der Waals surface area contributed by atoms with Crippen molar-refractivity contribution in [3.05, 3.63) is 66.1 Å². The number of benzene rings is 2. The fraction of sp³-hybridized carbons (Fsp3) is 0.370. The Hall–Kier alpha value is -3.61. The Morgan fingerprint density at radius 2 is 1.82 bits per heavy atom. The normalized spacial score (nSPS) is 14.3. The van der Waals surface area contributed by atoms with Gasteiger partial charge in [-0.1, -0.05) is 54.8 Å². The van der Waals surface area contributed by atoms with Crippen LogP contribution in [0.3, 0.4) is 0 Å². The van der Waals surface area contributed by atoms with Crippen molar-refractivity contribution in [1.29, 1.82) is 0 Å². The first kappa shape index (κ1) is 23.5. The summed E-state index contributed by atoms with van der Waals surface area (Å²) in [6.45, 7) is 0.538. The Balaban J connectivity index is 1.46. The van der Waals surface area contributed by atoms with Gasteiger partial charge in [-0.25, -0.2) is 0 Å². The molecule has 0 saturated heterocycles. The Bertz CT molecular complexity index is 1100. The first-order valence-electron chi connectivity index (χ1n) is 11.8.